The van der Waals surface area contributed by atoms with Gasteiger partial charge in [0.25, 0.3) is 5.91 Å². The predicted octanol–water partition coefficient (Wildman–Crippen LogP) is 7.37. The summed E-state index contributed by atoms with van der Waals surface area (Å²) in [6.07, 6.45) is 5.99. The van der Waals surface area contributed by atoms with E-state index in [2.05, 4.69) is 73.3 Å². The van der Waals surface area contributed by atoms with Crippen molar-refractivity contribution in [1.29, 1.82) is 0 Å². The second-order valence-corrected chi connectivity index (χ2v) is 10.9. The number of aliphatic imine (C=N–C) groups is 1. The molecule has 0 N–H and O–H groups in total. The standard InChI is InChI=1S/C30H38N2O/c1-10-21-15-27(29(33)32(9)30(6,7)8)25-14-18(3)23-13-17(2)24(16-26(23)28(21)25)22-12-11-19(4)31-20(22)5/h13,15-16,21H,3,10-12,14H2,1-2,4-9H3. The maximum atomic E-state index is 13.5. The Bertz CT molecular complexity index is 1180. The fourth-order valence-corrected chi connectivity index (χ4v) is 5.40. The number of amides is 1. The highest BCUT2D eigenvalue weighted by Crippen LogP contribution is 2.50. The molecule has 0 bridgehead atoms. The Morgan fingerprint density at radius 2 is 1.79 bits per heavy atom. The van der Waals surface area contributed by atoms with Gasteiger partial charge in [-0.3, -0.25) is 9.79 Å². The average Bonchev–Trinajstić information content (AvgIpc) is 3.11. The minimum Gasteiger partial charge on any atom is -0.337 e. The molecule has 174 valence electrons. The molecule has 3 heteroatoms. The summed E-state index contributed by atoms with van der Waals surface area (Å²) in [4.78, 5) is 20.2. The molecule has 0 spiro atoms. The third-order valence-corrected chi connectivity index (χ3v) is 7.65. The molecule has 2 aliphatic carbocycles. The van der Waals surface area contributed by atoms with Crippen LogP contribution in [0.1, 0.15) is 89.5 Å². The second-order valence-electron chi connectivity index (χ2n) is 10.9. The number of carbonyl (C=O) groups is 1. The van der Waals surface area contributed by atoms with Crippen LogP contribution in [-0.4, -0.2) is 29.1 Å². The Morgan fingerprint density at radius 3 is 2.39 bits per heavy atom. The largest absolute Gasteiger partial charge is 0.337 e. The summed E-state index contributed by atoms with van der Waals surface area (Å²) in [5.41, 5.74) is 13.0. The number of rotatable bonds is 3. The molecule has 1 aromatic rings. The van der Waals surface area contributed by atoms with Gasteiger partial charge in [-0.05, 0) is 118 Å². The molecule has 1 atom stereocenters. The summed E-state index contributed by atoms with van der Waals surface area (Å²) in [6.45, 7) is 19.4. The van der Waals surface area contributed by atoms with Gasteiger partial charge < -0.3 is 4.90 Å². The monoisotopic (exact) mass is 442 g/mol. The van der Waals surface area contributed by atoms with E-state index in [1.807, 2.05) is 11.9 Å². The SMILES string of the molecule is C=C1CC2=C(c3cc(C4=C(C)N=C(C)CC4)c(C)cc31)C(CC)C=C2C(=O)N(C)C(C)(C)C. The highest BCUT2D eigenvalue weighted by molar-refractivity contribution is 6.06. The highest BCUT2D eigenvalue weighted by Gasteiger charge is 2.37. The number of fused-ring (bicyclic) bond motifs is 2. The van der Waals surface area contributed by atoms with E-state index in [1.165, 1.54) is 44.7 Å². The lowest BCUT2D eigenvalue weighted by atomic mass is 9.76. The predicted molar refractivity (Wildman–Crippen MR) is 141 cm³/mol. The van der Waals surface area contributed by atoms with Gasteiger partial charge in [0.2, 0.25) is 0 Å². The van der Waals surface area contributed by atoms with Crippen molar-refractivity contribution < 1.29 is 4.79 Å². The Labute approximate surface area is 199 Å². The first-order valence-electron chi connectivity index (χ1n) is 12.2. The van der Waals surface area contributed by atoms with Crippen LogP contribution >= 0.6 is 0 Å². The number of likely N-dealkylation sites (N-methyl/N-ethyl adjacent to an activating group) is 1. The fourth-order valence-electron chi connectivity index (χ4n) is 5.40. The molecule has 0 radical (unpaired) electrons. The van der Waals surface area contributed by atoms with Crippen LogP contribution in [0, 0.1) is 12.8 Å². The Kier molecular flexibility index (Phi) is 5.88. The summed E-state index contributed by atoms with van der Waals surface area (Å²) in [6, 6.07) is 4.69. The zero-order valence-electron chi connectivity index (χ0n) is 21.6. The molecule has 3 aliphatic rings. The summed E-state index contributed by atoms with van der Waals surface area (Å²) in [5, 5.41) is 0. The van der Waals surface area contributed by atoms with Crippen LogP contribution in [0.4, 0.5) is 0 Å². The smallest absolute Gasteiger partial charge is 0.254 e. The quantitative estimate of drug-likeness (QED) is 0.481. The molecule has 0 aromatic heterocycles. The van der Waals surface area contributed by atoms with Crippen molar-refractivity contribution in [3.05, 3.63) is 63.9 Å². The Hall–Kier alpha value is -2.68. The molecular weight excluding hydrogens is 404 g/mol. The third-order valence-electron chi connectivity index (χ3n) is 7.65. The van der Waals surface area contributed by atoms with Crippen molar-refractivity contribution in [3.8, 4) is 0 Å². The second kappa shape index (κ2) is 8.27. The molecule has 1 aliphatic heterocycles. The number of hydrogen-bond donors (Lipinski definition) is 0. The summed E-state index contributed by atoms with van der Waals surface area (Å²) >= 11 is 0. The first-order chi connectivity index (χ1) is 15.4. The van der Waals surface area contributed by atoms with Crippen molar-refractivity contribution in [3.63, 3.8) is 0 Å². The number of allylic oxidation sites excluding steroid dienone is 5. The van der Waals surface area contributed by atoms with Crippen LogP contribution in [0.3, 0.4) is 0 Å². The number of benzene rings is 1. The maximum absolute atomic E-state index is 13.5. The number of hydrogen-bond acceptors (Lipinski definition) is 2. The normalized spacial score (nSPS) is 20.5. The first-order valence-corrected chi connectivity index (χ1v) is 12.2. The van der Waals surface area contributed by atoms with Gasteiger partial charge in [0, 0.05) is 35.5 Å². The van der Waals surface area contributed by atoms with Gasteiger partial charge in [0.1, 0.15) is 0 Å². The zero-order valence-corrected chi connectivity index (χ0v) is 21.6. The fraction of sp³-hybridized carbons (Fsp3) is 0.467. The van der Waals surface area contributed by atoms with Gasteiger partial charge in [0.15, 0.2) is 0 Å². The van der Waals surface area contributed by atoms with Crippen LogP contribution in [-0.2, 0) is 4.79 Å². The van der Waals surface area contributed by atoms with Crippen molar-refractivity contribution in [1.82, 2.24) is 4.90 Å². The molecule has 0 fully saturated rings. The lowest BCUT2D eigenvalue weighted by molar-refractivity contribution is -0.129. The van der Waals surface area contributed by atoms with E-state index in [4.69, 9.17) is 4.99 Å². The molecule has 3 nitrogen and oxygen atoms in total. The van der Waals surface area contributed by atoms with Crippen LogP contribution in [0.5, 0.6) is 0 Å². The summed E-state index contributed by atoms with van der Waals surface area (Å²) < 4.78 is 0. The summed E-state index contributed by atoms with van der Waals surface area (Å²) in [7, 11) is 1.91. The van der Waals surface area contributed by atoms with E-state index in [0.29, 0.717) is 0 Å². The van der Waals surface area contributed by atoms with Crippen molar-refractivity contribution in [2.45, 2.75) is 79.7 Å². The topological polar surface area (TPSA) is 32.7 Å². The highest BCUT2D eigenvalue weighted by atomic mass is 16.2. The lowest BCUT2D eigenvalue weighted by Crippen LogP contribution is -2.43. The molecule has 1 amide bonds. The van der Waals surface area contributed by atoms with Gasteiger partial charge in [-0.1, -0.05) is 25.6 Å². The first kappa shape index (κ1) is 23.5. The van der Waals surface area contributed by atoms with Crippen molar-refractivity contribution in [2.24, 2.45) is 10.9 Å². The van der Waals surface area contributed by atoms with Gasteiger partial charge in [-0.2, -0.15) is 0 Å². The van der Waals surface area contributed by atoms with E-state index >= 15 is 0 Å². The van der Waals surface area contributed by atoms with Crippen molar-refractivity contribution in [2.75, 3.05) is 7.05 Å². The van der Waals surface area contributed by atoms with Gasteiger partial charge >= 0.3 is 0 Å². The van der Waals surface area contributed by atoms with Gasteiger partial charge in [0.05, 0.1) is 0 Å². The van der Waals surface area contributed by atoms with Crippen LogP contribution in [0.15, 0.2) is 46.6 Å². The molecule has 1 heterocycles. The maximum Gasteiger partial charge on any atom is 0.254 e. The summed E-state index contributed by atoms with van der Waals surface area (Å²) in [5.74, 6) is 0.376. The Morgan fingerprint density at radius 1 is 1.09 bits per heavy atom. The number of carbonyl (C=O) groups excluding carboxylic acids is 1. The van der Waals surface area contributed by atoms with Crippen LogP contribution in [0.25, 0.3) is 16.7 Å². The van der Waals surface area contributed by atoms with E-state index < -0.39 is 0 Å². The zero-order chi connectivity index (χ0) is 24.2. The van der Waals surface area contributed by atoms with E-state index in [1.54, 1.807) is 0 Å². The molecule has 1 unspecified atom stereocenters. The third kappa shape index (κ3) is 3.96. The molecule has 33 heavy (non-hydrogen) atoms. The van der Waals surface area contributed by atoms with Gasteiger partial charge in [-0.15, -0.1) is 0 Å². The minimum absolute atomic E-state index is 0.116. The number of nitrogens with zero attached hydrogens (tertiary/aromatic N) is 2. The molecule has 4 rings (SSSR count). The van der Waals surface area contributed by atoms with E-state index in [0.717, 1.165) is 42.5 Å². The molecule has 1 aromatic carbocycles. The van der Waals surface area contributed by atoms with Crippen LogP contribution in [0.2, 0.25) is 0 Å². The minimum atomic E-state index is -0.222. The molecular formula is C30H38N2O. The van der Waals surface area contributed by atoms with Crippen LogP contribution < -0.4 is 0 Å². The Balaban J connectivity index is 1.88. The van der Waals surface area contributed by atoms with E-state index in [-0.39, 0.29) is 17.4 Å². The van der Waals surface area contributed by atoms with Gasteiger partial charge in [-0.25, -0.2) is 0 Å². The average molecular weight is 443 g/mol. The molecule has 0 saturated heterocycles. The molecule has 0 saturated carbocycles. The number of aryl methyl sites for hydroxylation is 1. The lowest BCUT2D eigenvalue weighted by Gasteiger charge is -2.33. The van der Waals surface area contributed by atoms with Crippen molar-refractivity contribution >= 4 is 28.3 Å². The van der Waals surface area contributed by atoms with E-state index in [9.17, 15) is 4.79 Å².